The summed E-state index contributed by atoms with van der Waals surface area (Å²) in [5.74, 6) is -0.815. The molecule has 1 fully saturated rings. The molecule has 0 unspecified atom stereocenters. The van der Waals surface area contributed by atoms with Gasteiger partial charge in [-0.3, -0.25) is 0 Å². The number of ether oxygens (including phenoxy) is 1. The molecule has 0 N–H and O–H groups in total. The Balaban J connectivity index is 1.65. The Labute approximate surface area is 245 Å². The molecule has 3 aromatic carbocycles. The first-order valence-corrected chi connectivity index (χ1v) is 16.4. The van der Waals surface area contributed by atoms with Crippen LogP contribution in [-0.2, 0) is 24.8 Å². The van der Waals surface area contributed by atoms with Crippen molar-refractivity contribution >= 4 is 49.2 Å². The molecular weight excluding hydrogens is 595 g/mol. The standard InChI is InChI=1S/C28H30Cl2N2O6S2/c1-20(31(2)39(34,35)24-14-12-23(29)13-15-24)27(21-9-5-3-6-10-21)38-28(33)22-11-16-25(30)26(19-22)40(36,37)32-17-7-4-8-18-32/h3,5-6,9-16,19-20,27H,4,7-8,17-18H2,1-2H3/t20-,27+/m0/s1. The molecule has 3 aromatic rings. The van der Waals surface area contributed by atoms with E-state index in [2.05, 4.69) is 0 Å². The third kappa shape index (κ3) is 6.53. The Morgan fingerprint density at radius 1 is 0.900 bits per heavy atom. The van der Waals surface area contributed by atoms with Crippen LogP contribution in [0.3, 0.4) is 0 Å². The molecule has 0 spiro atoms. The van der Waals surface area contributed by atoms with Gasteiger partial charge in [0.1, 0.15) is 11.0 Å². The zero-order valence-corrected chi connectivity index (χ0v) is 25.2. The lowest BCUT2D eigenvalue weighted by molar-refractivity contribution is 0.0145. The fourth-order valence-corrected chi connectivity index (χ4v) is 8.03. The number of esters is 1. The highest BCUT2D eigenvalue weighted by atomic mass is 35.5. The van der Waals surface area contributed by atoms with Gasteiger partial charge in [-0.15, -0.1) is 0 Å². The first-order chi connectivity index (χ1) is 18.9. The van der Waals surface area contributed by atoms with Gasteiger partial charge in [-0.2, -0.15) is 8.61 Å². The number of nitrogens with zero attached hydrogens (tertiary/aromatic N) is 2. The van der Waals surface area contributed by atoms with Crippen molar-refractivity contribution in [3.63, 3.8) is 0 Å². The lowest BCUT2D eigenvalue weighted by Crippen LogP contribution is -2.40. The van der Waals surface area contributed by atoms with E-state index < -0.39 is 38.2 Å². The van der Waals surface area contributed by atoms with Crippen LogP contribution in [0.1, 0.15) is 48.2 Å². The number of benzene rings is 3. The highest BCUT2D eigenvalue weighted by molar-refractivity contribution is 7.89. The van der Waals surface area contributed by atoms with Crippen molar-refractivity contribution in [1.29, 1.82) is 0 Å². The smallest absolute Gasteiger partial charge is 0.338 e. The van der Waals surface area contributed by atoms with Crippen LogP contribution >= 0.6 is 23.2 Å². The number of sulfonamides is 2. The van der Waals surface area contributed by atoms with Crippen molar-refractivity contribution < 1.29 is 26.4 Å². The maximum absolute atomic E-state index is 13.4. The van der Waals surface area contributed by atoms with E-state index in [1.165, 1.54) is 53.8 Å². The number of carbonyl (C=O) groups is 1. The number of hydrogen-bond donors (Lipinski definition) is 0. The molecule has 0 aliphatic carbocycles. The Morgan fingerprint density at radius 3 is 2.15 bits per heavy atom. The van der Waals surface area contributed by atoms with E-state index in [0.29, 0.717) is 23.7 Å². The Kier molecular flexibility index (Phi) is 9.59. The molecule has 2 atom stereocenters. The molecule has 40 heavy (non-hydrogen) atoms. The second-order valence-corrected chi connectivity index (χ2v) is 14.3. The van der Waals surface area contributed by atoms with E-state index in [4.69, 9.17) is 27.9 Å². The van der Waals surface area contributed by atoms with Crippen molar-refractivity contribution in [2.75, 3.05) is 20.1 Å². The summed E-state index contributed by atoms with van der Waals surface area (Å²) >= 11 is 12.2. The van der Waals surface area contributed by atoms with Gasteiger partial charge in [-0.25, -0.2) is 21.6 Å². The molecule has 0 bridgehead atoms. The third-order valence-electron chi connectivity index (χ3n) is 6.96. The summed E-state index contributed by atoms with van der Waals surface area (Å²) in [7, 11) is -6.48. The average Bonchev–Trinajstić information content (AvgIpc) is 2.96. The lowest BCUT2D eigenvalue weighted by atomic mass is 10.0. The summed E-state index contributed by atoms with van der Waals surface area (Å²) in [5.41, 5.74) is 0.549. The summed E-state index contributed by atoms with van der Waals surface area (Å²) in [5, 5.41) is 0.402. The van der Waals surface area contributed by atoms with Crippen molar-refractivity contribution in [3.05, 3.63) is 94.0 Å². The summed E-state index contributed by atoms with van der Waals surface area (Å²) in [6, 6.07) is 17.7. The van der Waals surface area contributed by atoms with Crippen LogP contribution in [0.25, 0.3) is 0 Å². The van der Waals surface area contributed by atoms with Crippen LogP contribution in [0.2, 0.25) is 10.0 Å². The SMILES string of the molecule is C[C@@H]([C@@H](OC(=O)c1ccc(Cl)c(S(=O)(=O)N2CCCCC2)c1)c1ccccc1)N(C)S(=O)(=O)c1ccc(Cl)cc1. The number of carbonyl (C=O) groups excluding carboxylic acids is 1. The molecule has 0 aromatic heterocycles. The Bertz CT molecular complexity index is 1560. The minimum Gasteiger partial charge on any atom is -0.452 e. The van der Waals surface area contributed by atoms with Crippen molar-refractivity contribution in [3.8, 4) is 0 Å². The molecular formula is C28H30Cl2N2O6S2. The number of piperidine rings is 1. The molecule has 12 heteroatoms. The number of rotatable bonds is 9. The van der Waals surface area contributed by atoms with E-state index in [0.717, 1.165) is 23.6 Å². The van der Waals surface area contributed by atoms with Gasteiger partial charge in [0, 0.05) is 25.2 Å². The van der Waals surface area contributed by atoms with E-state index in [1.807, 2.05) is 0 Å². The molecule has 214 valence electrons. The molecule has 1 heterocycles. The fraction of sp³-hybridized carbons (Fsp3) is 0.321. The lowest BCUT2D eigenvalue weighted by Gasteiger charge is -2.31. The minimum absolute atomic E-state index is 0.00360. The number of halogens is 2. The second kappa shape index (κ2) is 12.6. The zero-order chi connectivity index (χ0) is 29.1. The maximum atomic E-state index is 13.4. The zero-order valence-electron chi connectivity index (χ0n) is 22.0. The summed E-state index contributed by atoms with van der Waals surface area (Å²) in [6.45, 7) is 2.40. The first-order valence-electron chi connectivity index (χ1n) is 12.7. The predicted octanol–water partition coefficient (Wildman–Crippen LogP) is 5.78. The molecule has 1 aliphatic heterocycles. The van der Waals surface area contributed by atoms with Crippen molar-refractivity contribution in [2.45, 2.75) is 48.1 Å². The van der Waals surface area contributed by atoms with Crippen LogP contribution < -0.4 is 0 Å². The quantitative estimate of drug-likeness (QED) is 0.280. The topological polar surface area (TPSA) is 101 Å². The van der Waals surface area contributed by atoms with E-state index in [-0.39, 0.29) is 20.4 Å². The average molecular weight is 626 g/mol. The molecule has 1 aliphatic rings. The van der Waals surface area contributed by atoms with Gasteiger partial charge < -0.3 is 4.74 Å². The normalized spacial score (nSPS) is 16.4. The molecule has 8 nitrogen and oxygen atoms in total. The minimum atomic E-state index is -3.97. The summed E-state index contributed by atoms with van der Waals surface area (Å²) < 4.78 is 61.7. The van der Waals surface area contributed by atoms with E-state index in [1.54, 1.807) is 37.3 Å². The van der Waals surface area contributed by atoms with Crippen LogP contribution in [0.4, 0.5) is 0 Å². The second-order valence-electron chi connectivity index (χ2n) is 9.56. The van der Waals surface area contributed by atoms with Crippen LogP contribution in [0.5, 0.6) is 0 Å². The van der Waals surface area contributed by atoms with Gasteiger partial charge in [0.15, 0.2) is 0 Å². The highest BCUT2D eigenvalue weighted by Crippen LogP contribution is 2.32. The van der Waals surface area contributed by atoms with Crippen molar-refractivity contribution in [2.24, 2.45) is 0 Å². The summed E-state index contributed by atoms with van der Waals surface area (Å²) in [6.07, 6.45) is 1.44. The van der Waals surface area contributed by atoms with E-state index >= 15 is 0 Å². The molecule has 0 radical (unpaired) electrons. The highest BCUT2D eigenvalue weighted by Gasteiger charge is 2.35. The summed E-state index contributed by atoms with van der Waals surface area (Å²) in [4.78, 5) is 13.3. The molecule has 0 amide bonds. The van der Waals surface area contributed by atoms with Crippen molar-refractivity contribution in [1.82, 2.24) is 8.61 Å². The van der Waals surface area contributed by atoms with Crippen LogP contribution in [0.15, 0.2) is 82.6 Å². The van der Waals surface area contributed by atoms with Gasteiger partial charge in [-0.1, -0.05) is 60.0 Å². The molecule has 4 rings (SSSR count). The largest absolute Gasteiger partial charge is 0.452 e. The van der Waals surface area contributed by atoms with Gasteiger partial charge in [0.25, 0.3) is 0 Å². The Morgan fingerprint density at radius 2 is 1.52 bits per heavy atom. The van der Waals surface area contributed by atoms with Gasteiger partial charge in [-0.05, 0) is 67.8 Å². The van der Waals surface area contributed by atoms with Gasteiger partial charge in [0.05, 0.1) is 21.5 Å². The maximum Gasteiger partial charge on any atom is 0.338 e. The van der Waals surface area contributed by atoms with Gasteiger partial charge in [0.2, 0.25) is 20.0 Å². The number of likely N-dealkylation sites (N-methyl/N-ethyl adjacent to an activating group) is 1. The van der Waals surface area contributed by atoms with Crippen LogP contribution in [-0.4, -0.2) is 57.6 Å². The monoisotopic (exact) mass is 624 g/mol. The predicted molar refractivity (Wildman–Crippen MR) is 155 cm³/mol. The van der Waals surface area contributed by atoms with E-state index in [9.17, 15) is 21.6 Å². The van der Waals surface area contributed by atoms with Crippen LogP contribution in [0, 0.1) is 0 Å². The fourth-order valence-electron chi connectivity index (χ4n) is 4.53. The van der Waals surface area contributed by atoms with Gasteiger partial charge >= 0.3 is 5.97 Å². The Hall–Kier alpha value is -2.47. The first kappa shape index (κ1) is 30.5. The molecule has 0 saturated carbocycles. The number of hydrogen-bond acceptors (Lipinski definition) is 6. The third-order valence-corrected chi connectivity index (χ3v) is 11.6. The molecule has 1 saturated heterocycles.